The Labute approximate surface area is 152 Å². The zero-order valence-corrected chi connectivity index (χ0v) is 16.1. The second-order valence-corrected chi connectivity index (χ2v) is 4.98. The van der Waals surface area contributed by atoms with Crippen molar-refractivity contribution in [2.24, 2.45) is 4.99 Å². The van der Waals surface area contributed by atoms with Crippen molar-refractivity contribution >= 4 is 29.9 Å². The Morgan fingerprint density at radius 2 is 1.77 bits per heavy atom. The van der Waals surface area contributed by atoms with E-state index in [1.807, 2.05) is 6.07 Å². The van der Waals surface area contributed by atoms with Crippen LogP contribution in [0.3, 0.4) is 0 Å². The predicted octanol–water partition coefficient (Wildman–Crippen LogP) is 3.22. The van der Waals surface area contributed by atoms with Crippen molar-refractivity contribution in [3.05, 3.63) is 35.9 Å². The van der Waals surface area contributed by atoms with Gasteiger partial charge in [0.1, 0.15) is 0 Å². The quantitative estimate of drug-likeness (QED) is 0.265. The maximum atomic E-state index is 5.66. The summed E-state index contributed by atoms with van der Waals surface area (Å²) < 4.78 is 5.66. The molecule has 0 bridgehead atoms. The molecule has 1 aromatic rings. The first-order valence-electron chi connectivity index (χ1n) is 7.93. The number of rotatable bonds is 10. The van der Waals surface area contributed by atoms with Crippen molar-refractivity contribution in [2.45, 2.75) is 32.6 Å². The monoisotopic (exact) mass is 419 g/mol. The molecule has 1 aromatic carbocycles. The van der Waals surface area contributed by atoms with E-state index in [0.717, 1.165) is 57.9 Å². The van der Waals surface area contributed by atoms with Gasteiger partial charge in [-0.1, -0.05) is 37.3 Å². The molecule has 0 atom stereocenters. The molecule has 0 unspecified atom stereocenters. The van der Waals surface area contributed by atoms with E-state index in [4.69, 9.17) is 4.74 Å². The van der Waals surface area contributed by atoms with Gasteiger partial charge in [-0.05, 0) is 31.2 Å². The summed E-state index contributed by atoms with van der Waals surface area (Å²) >= 11 is 0. The highest BCUT2D eigenvalue weighted by molar-refractivity contribution is 14.0. The average molecular weight is 419 g/mol. The van der Waals surface area contributed by atoms with Crippen LogP contribution >= 0.6 is 24.0 Å². The first-order chi connectivity index (χ1) is 10.4. The first kappa shape index (κ1) is 21.2. The number of ether oxygens (including phenoxy) is 1. The first-order valence-corrected chi connectivity index (χ1v) is 7.93. The van der Waals surface area contributed by atoms with Crippen LogP contribution in [-0.2, 0) is 11.2 Å². The summed E-state index contributed by atoms with van der Waals surface area (Å²) in [6.07, 6.45) is 4.27. The molecule has 5 heteroatoms. The normalized spacial score (nSPS) is 10.9. The van der Waals surface area contributed by atoms with E-state index in [-0.39, 0.29) is 24.0 Å². The lowest BCUT2D eigenvalue weighted by Gasteiger charge is -2.11. The maximum Gasteiger partial charge on any atom is 0.190 e. The summed E-state index contributed by atoms with van der Waals surface area (Å²) in [5.41, 5.74) is 1.34. The minimum atomic E-state index is 0. The molecule has 0 amide bonds. The number of aliphatic imine (C=N–C) groups is 1. The van der Waals surface area contributed by atoms with Crippen LogP contribution in [0.2, 0.25) is 0 Å². The van der Waals surface area contributed by atoms with E-state index in [2.05, 4.69) is 46.8 Å². The number of hydrogen-bond donors (Lipinski definition) is 2. The van der Waals surface area contributed by atoms with E-state index in [1.54, 1.807) is 7.05 Å². The number of unbranched alkanes of at least 4 members (excludes halogenated alkanes) is 1. The number of nitrogens with one attached hydrogen (secondary N) is 2. The van der Waals surface area contributed by atoms with Gasteiger partial charge in [-0.15, -0.1) is 24.0 Å². The fourth-order valence-electron chi connectivity index (χ4n) is 1.94. The van der Waals surface area contributed by atoms with Gasteiger partial charge in [0.25, 0.3) is 0 Å². The third-order valence-corrected chi connectivity index (χ3v) is 3.15. The lowest BCUT2D eigenvalue weighted by molar-refractivity contribution is 0.133. The van der Waals surface area contributed by atoms with Gasteiger partial charge in [0.05, 0.1) is 6.61 Å². The zero-order chi connectivity index (χ0) is 15.2. The minimum absolute atomic E-state index is 0. The van der Waals surface area contributed by atoms with Gasteiger partial charge in [0.15, 0.2) is 5.96 Å². The van der Waals surface area contributed by atoms with E-state index >= 15 is 0 Å². The van der Waals surface area contributed by atoms with Crippen LogP contribution in [0, 0.1) is 0 Å². The summed E-state index contributed by atoms with van der Waals surface area (Å²) in [5.74, 6) is 0.891. The molecular weight excluding hydrogens is 389 g/mol. The molecule has 4 nitrogen and oxygen atoms in total. The largest absolute Gasteiger partial charge is 0.381 e. The lowest BCUT2D eigenvalue weighted by Crippen LogP contribution is -2.38. The molecule has 0 saturated heterocycles. The fraction of sp³-hybridized carbons (Fsp3) is 0.588. The van der Waals surface area contributed by atoms with E-state index < -0.39 is 0 Å². The molecule has 0 aromatic heterocycles. The summed E-state index contributed by atoms with van der Waals surface area (Å²) in [4.78, 5) is 4.17. The Bertz CT molecular complexity index is 385. The highest BCUT2D eigenvalue weighted by Gasteiger charge is 1.96. The Morgan fingerprint density at radius 1 is 1.05 bits per heavy atom. The number of guanidine groups is 1. The van der Waals surface area contributed by atoms with Crippen LogP contribution < -0.4 is 10.6 Å². The molecule has 2 N–H and O–H groups in total. The van der Waals surface area contributed by atoms with Crippen molar-refractivity contribution in [3.8, 4) is 0 Å². The summed E-state index contributed by atoms with van der Waals surface area (Å²) in [6.45, 7) is 5.67. The number of halogens is 1. The standard InChI is InChI=1S/C17H29N3O.HI/c1-3-12-19-17(18-2)20-13-7-8-14-21-15-11-16-9-5-4-6-10-16;/h4-6,9-10H,3,7-8,11-15H2,1-2H3,(H2,18,19,20);1H. The molecular formula is C17H30IN3O. The topological polar surface area (TPSA) is 45.7 Å². The van der Waals surface area contributed by atoms with Gasteiger partial charge in [0.2, 0.25) is 0 Å². The minimum Gasteiger partial charge on any atom is -0.381 e. The fourth-order valence-corrected chi connectivity index (χ4v) is 1.94. The van der Waals surface area contributed by atoms with Crippen molar-refractivity contribution in [2.75, 3.05) is 33.4 Å². The molecule has 0 aliphatic carbocycles. The highest BCUT2D eigenvalue weighted by atomic mass is 127. The SMILES string of the molecule is CCCNC(=NC)NCCCCOCCc1ccccc1.I. The second-order valence-electron chi connectivity index (χ2n) is 4.98. The van der Waals surface area contributed by atoms with Crippen LogP contribution in [0.5, 0.6) is 0 Å². The van der Waals surface area contributed by atoms with Crippen molar-refractivity contribution < 1.29 is 4.74 Å². The van der Waals surface area contributed by atoms with Crippen LogP contribution in [0.1, 0.15) is 31.7 Å². The third-order valence-electron chi connectivity index (χ3n) is 3.15. The lowest BCUT2D eigenvalue weighted by atomic mass is 10.2. The number of benzene rings is 1. The molecule has 0 saturated carbocycles. The van der Waals surface area contributed by atoms with E-state index in [1.165, 1.54) is 5.56 Å². The molecule has 126 valence electrons. The van der Waals surface area contributed by atoms with Crippen LogP contribution in [0.25, 0.3) is 0 Å². The van der Waals surface area contributed by atoms with Gasteiger partial charge >= 0.3 is 0 Å². The second kappa shape index (κ2) is 15.1. The molecule has 0 spiro atoms. The van der Waals surface area contributed by atoms with Gasteiger partial charge in [-0.2, -0.15) is 0 Å². The summed E-state index contributed by atoms with van der Waals surface area (Å²) in [5, 5.41) is 6.56. The van der Waals surface area contributed by atoms with Crippen LogP contribution in [0.4, 0.5) is 0 Å². The number of nitrogens with zero attached hydrogens (tertiary/aromatic N) is 1. The smallest absolute Gasteiger partial charge is 0.190 e. The van der Waals surface area contributed by atoms with Gasteiger partial charge in [-0.25, -0.2) is 0 Å². The highest BCUT2D eigenvalue weighted by Crippen LogP contribution is 2.00. The average Bonchev–Trinajstić information content (AvgIpc) is 2.53. The molecule has 0 radical (unpaired) electrons. The van der Waals surface area contributed by atoms with Crippen molar-refractivity contribution in [1.82, 2.24) is 10.6 Å². The maximum absolute atomic E-state index is 5.66. The van der Waals surface area contributed by atoms with Gasteiger partial charge in [-0.3, -0.25) is 4.99 Å². The Kier molecular flexibility index (Phi) is 14.5. The molecule has 0 aliphatic rings. The Hall–Kier alpha value is -0.820. The summed E-state index contributed by atoms with van der Waals surface area (Å²) in [6, 6.07) is 10.5. The molecule has 1 rings (SSSR count). The van der Waals surface area contributed by atoms with Gasteiger partial charge < -0.3 is 15.4 Å². The van der Waals surface area contributed by atoms with E-state index in [0.29, 0.717) is 0 Å². The van der Waals surface area contributed by atoms with Crippen LogP contribution in [-0.4, -0.2) is 39.3 Å². The molecule has 22 heavy (non-hydrogen) atoms. The predicted molar refractivity (Wildman–Crippen MR) is 105 cm³/mol. The molecule has 0 aliphatic heterocycles. The van der Waals surface area contributed by atoms with Gasteiger partial charge in [0, 0.05) is 26.7 Å². The number of hydrogen-bond acceptors (Lipinski definition) is 2. The van der Waals surface area contributed by atoms with E-state index in [9.17, 15) is 0 Å². The van der Waals surface area contributed by atoms with Crippen LogP contribution in [0.15, 0.2) is 35.3 Å². The Morgan fingerprint density at radius 3 is 2.45 bits per heavy atom. The van der Waals surface area contributed by atoms with Crippen molar-refractivity contribution in [3.63, 3.8) is 0 Å². The molecule has 0 fully saturated rings. The third kappa shape index (κ3) is 10.8. The van der Waals surface area contributed by atoms with Crippen molar-refractivity contribution in [1.29, 1.82) is 0 Å². The zero-order valence-electron chi connectivity index (χ0n) is 13.8. The summed E-state index contributed by atoms with van der Waals surface area (Å²) in [7, 11) is 1.80. The Balaban J connectivity index is 0.00000441. The molecule has 0 heterocycles.